The maximum atomic E-state index is 12.8. The predicted molar refractivity (Wildman–Crippen MR) is 110 cm³/mol. The van der Waals surface area contributed by atoms with Gasteiger partial charge >= 0.3 is 0 Å². The summed E-state index contributed by atoms with van der Waals surface area (Å²) in [5.74, 6) is 1.16. The molecule has 0 saturated carbocycles. The average Bonchev–Trinajstić information content (AvgIpc) is 3.11. The van der Waals surface area contributed by atoms with E-state index in [2.05, 4.69) is 37.4 Å². The fourth-order valence-corrected chi connectivity index (χ4v) is 5.87. The van der Waals surface area contributed by atoms with Crippen molar-refractivity contribution in [3.63, 3.8) is 0 Å². The summed E-state index contributed by atoms with van der Waals surface area (Å²) in [4.78, 5) is 29.0. The van der Waals surface area contributed by atoms with Gasteiger partial charge in [0.1, 0.15) is 0 Å². The van der Waals surface area contributed by atoms with Gasteiger partial charge in [-0.15, -0.1) is 0 Å². The minimum absolute atomic E-state index is 0.0234. The molecule has 2 aromatic rings. The number of rotatable bonds is 4. The molecule has 3 saturated heterocycles. The minimum atomic E-state index is -0.0234. The third kappa shape index (κ3) is 3.41. The van der Waals surface area contributed by atoms with Crippen LogP contribution in [0.2, 0.25) is 0 Å². The topological polar surface area (TPSA) is 81.3 Å². The molecule has 0 unspecified atom stereocenters. The minimum Gasteiger partial charge on any atom is -0.354 e. The number of carbonyl (C=O) groups is 2. The van der Waals surface area contributed by atoms with Gasteiger partial charge < -0.3 is 10.2 Å². The molecule has 0 spiro atoms. The van der Waals surface area contributed by atoms with Crippen molar-refractivity contribution >= 4 is 22.7 Å². The van der Waals surface area contributed by atoms with Crippen LogP contribution in [-0.2, 0) is 16.1 Å². The zero-order valence-electron chi connectivity index (χ0n) is 16.9. The number of aromatic nitrogens is 2. The lowest BCUT2D eigenvalue weighted by Crippen LogP contribution is -2.66. The Morgan fingerprint density at radius 3 is 2.97 bits per heavy atom. The number of fused-ring (bicyclic) bond motifs is 5. The van der Waals surface area contributed by atoms with Crippen LogP contribution in [0.4, 0.5) is 0 Å². The molecule has 0 aliphatic carbocycles. The van der Waals surface area contributed by atoms with Crippen LogP contribution in [-0.4, -0.2) is 63.5 Å². The molecule has 7 heteroatoms. The van der Waals surface area contributed by atoms with E-state index < -0.39 is 0 Å². The van der Waals surface area contributed by atoms with E-state index in [9.17, 15) is 9.59 Å². The number of nitrogens with one attached hydrogen (secondary N) is 2. The number of likely N-dealkylation sites (tertiary alicyclic amines) is 1. The van der Waals surface area contributed by atoms with Gasteiger partial charge in [0.25, 0.3) is 0 Å². The van der Waals surface area contributed by atoms with Crippen molar-refractivity contribution in [3.05, 3.63) is 30.0 Å². The summed E-state index contributed by atoms with van der Waals surface area (Å²) in [5.41, 5.74) is 2.17. The Balaban J connectivity index is 1.39. The number of amides is 2. The normalized spacial score (nSPS) is 29.7. The first-order valence-electron chi connectivity index (χ1n) is 10.8. The highest BCUT2D eigenvalue weighted by molar-refractivity contribution is 5.81. The Kier molecular flexibility index (Phi) is 4.78. The van der Waals surface area contributed by atoms with Gasteiger partial charge in [0.15, 0.2) is 0 Å². The van der Waals surface area contributed by atoms with Crippen LogP contribution >= 0.6 is 0 Å². The number of hydrogen-bond donors (Lipinski definition) is 2. The van der Waals surface area contributed by atoms with Crippen molar-refractivity contribution in [3.8, 4) is 0 Å². The van der Waals surface area contributed by atoms with Crippen LogP contribution in [0.25, 0.3) is 10.9 Å². The van der Waals surface area contributed by atoms with Crippen molar-refractivity contribution in [2.45, 2.75) is 51.2 Å². The largest absolute Gasteiger partial charge is 0.354 e. The van der Waals surface area contributed by atoms with E-state index in [1.54, 1.807) is 6.92 Å². The quantitative estimate of drug-likeness (QED) is 0.829. The lowest BCUT2D eigenvalue weighted by molar-refractivity contribution is -0.153. The number of piperidine rings is 3. The molecule has 4 heterocycles. The lowest BCUT2D eigenvalue weighted by Gasteiger charge is -2.56. The van der Waals surface area contributed by atoms with Crippen LogP contribution in [0.1, 0.15) is 38.3 Å². The van der Waals surface area contributed by atoms with E-state index >= 15 is 0 Å². The molecule has 3 aliphatic heterocycles. The van der Waals surface area contributed by atoms with E-state index in [0.29, 0.717) is 30.8 Å². The van der Waals surface area contributed by atoms with Gasteiger partial charge in [-0.2, -0.15) is 5.10 Å². The van der Waals surface area contributed by atoms with Crippen LogP contribution in [0.3, 0.4) is 0 Å². The van der Waals surface area contributed by atoms with Gasteiger partial charge in [-0.25, -0.2) is 0 Å². The maximum Gasteiger partial charge on any atom is 0.223 e. The van der Waals surface area contributed by atoms with Crippen LogP contribution < -0.4 is 5.32 Å². The Labute approximate surface area is 170 Å². The summed E-state index contributed by atoms with van der Waals surface area (Å²) in [5, 5.41) is 11.8. The number of hydrogen-bond acceptors (Lipinski definition) is 4. The molecule has 29 heavy (non-hydrogen) atoms. The first kappa shape index (κ1) is 18.6. The third-order valence-corrected chi connectivity index (χ3v) is 7.05. The van der Waals surface area contributed by atoms with Crippen LogP contribution in [0.15, 0.2) is 24.3 Å². The van der Waals surface area contributed by atoms with Gasteiger partial charge in [-0.1, -0.05) is 18.2 Å². The standard InChI is InChI=1S/C22H29N5O2/c1-14(28)23-10-21-16-9-15(20-7-4-8-22(29)27(20)21)11-26(12-16)13-19-17-5-2-3-6-18(17)24-25-19/h2-3,5-6,15-16,20-21H,4,7-13H2,1H3,(H,23,28)(H,24,25)/t15-,16+,20+,21+/m1/s1. The molecule has 7 nitrogen and oxygen atoms in total. The zero-order chi connectivity index (χ0) is 20.0. The van der Waals surface area contributed by atoms with Crippen LogP contribution in [0, 0.1) is 11.8 Å². The highest BCUT2D eigenvalue weighted by atomic mass is 16.2. The van der Waals surface area contributed by atoms with Gasteiger partial charge in [0.2, 0.25) is 11.8 Å². The van der Waals surface area contributed by atoms with Crippen molar-refractivity contribution < 1.29 is 9.59 Å². The number of nitrogens with zero attached hydrogens (tertiary/aromatic N) is 3. The molecule has 3 aliphatic rings. The van der Waals surface area contributed by atoms with E-state index in [1.165, 1.54) is 5.39 Å². The van der Waals surface area contributed by atoms with Gasteiger partial charge in [0, 0.05) is 51.0 Å². The number of benzene rings is 1. The summed E-state index contributed by atoms with van der Waals surface area (Å²) in [6, 6.07) is 8.65. The zero-order valence-corrected chi connectivity index (χ0v) is 16.9. The molecule has 154 valence electrons. The monoisotopic (exact) mass is 395 g/mol. The lowest BCUT2D eigenvalue weighted by atomic mass is 9.72. The molecule has 0 radical (unpaired) electrons. The van der Waals surface area contributed by atoms with Gasteiger partial charge in [-0.05, 0) is 37.2 Å². The smallest absolute Gasteiger partial charge is 0.223 e. The number of aromatic amines is 1. The summed E-state index contributed by atoms with van der Waals surface area (Å²) in [6.07, 6.45) is 3.87. The molecule has 3 fully saturated rings. The van der Waals surface area contributed by atoms with E-state index in [-0.39, 0.29) is 17.9 Å². The molecule has 5 rings (SSSR count). The third-order valence-electron chi connectivity index (χ3n) is 7.05. The highest BCUT2D eigenvalue weighted by Gasteiger charge is 2.49. The molecule has 2 amide bonds. The molecule has 4 atom stereocenters. The summed E-state index contributed by atoms with van der Waals surface area (Å²) in [7, 11) is 0. The van der Waals surface area contributed by atoms with Crippen molar-refractivity contribution in [1.82, 2.24) is 25.3 Å². The van der Waals surface area contributed by atoms with Crippen LogP contribution in [0.5, 0.6) is 0 Å². The Morgan fingerprint density at radius 1 is 1.28 bits per heavy atom. The molecule has 2 N–H and O–H groups in total. The first-order valence-corrected chi connectivity index (χ1v) is 10.8. The second kappa shape index (κ2) is 7.44. The van der Waals surface area contributed by atoms with Gasteiger partial charge in [-0.3, -0.25) is 19.6 Å². The second-order valence-electron chi connectivity index (χ2n) is 8.93. The number of para-hydroxylation sites is 1. The molecule has 1 aromatic heterocycles. The fraction of sp³-hybridized carbons (Fsp3) is 0.591. The highest BCUT2D eigenvalue weighted by Crippen LogP contribution is 2.41. The SMILES string of the molecule is CC(=O)NC[C@H]1[C@H]2C[C@H](CN(Cc3[nH]nc4ccccc34)C2)[C@@H]2CCCC(=O)N21. The Morgan fingerprint density at radius 2 is 2.10 bits per heavy atom. The fourth-order valence-electron chi connectivity index (χ4n) is 5.87. The van der Waals surface area contributed by atoms with Crippen molar-refractivity contribution in [2.75, 3.05) is 19.6 Å². The Hall–Kier alpha value is -2.41. The summed E-state index contributed by atoms with van der Waals surface area (Å²) < 4.78 is 0. The number of H-pyrrole nitrogens is 1. The molecule has 1 aromatic carbocycles. The van der Waals surface area contributed by atoms with Crippen molar-refractivity contribution in [1.29, 1.82) is 0 Å². The van der Waals surface area contributed by atoms with Crippen molar-refractivity contribution in [2.24, 2.45) is 11.8 Å². The molecular formula is C22H29N5O2. The maximum absolute atomic E-state index is 12.8. The predicted octanol–water partition coefficient (Wildman–Crippen LogP) is 1.90. The van der Waals surface area contributed by atoms with E-state index in [0.717, 1.165) is 50.1 Å². The second-order valence-corrected chi connectivity index (χ2v) is 8.93. The average molecular weight is 396 g/mol. The number of carbonyl (C=O) groups excluding carboxylic acids is 2. The Bertz CT molecular complexity index is 925. The van der Waals surface area contributed by atoms with E-state index in [1.807, 2.05) is 12.1 Å². The molecular weight excluding hydrogens is 366 g/mol. The summed E-state index contributed by atoms with van der Waals surface area (Å²) >= 11 is 0. The first-order chi connectivity index (χ1) is 14.1. The van der Waals surface area contributed by atoms with E-state index in [4.69, 9.17) is 0 Å². The molecule has 2 bridgehead atoms. The van der Waals surface area contributed by atoms with Gasteiger partial charge in [0.05, 0.1) is 17.3 Å². The summed E-state index contributed by atoms with van der Waals surface area (Å²) in [6.45, 7) is 4.93.